The van der Waals surface area contributed by atoms with Gasteiger partial charge in [0.15, 0.2) is 9.84 Å². The standard InChI is InChI=1S/C17H13ClN4O5S/c1-28(26,27)15-8-11(7-14(10-15)22(24)25)17(23)20-16-5-6-19-21(16)13-4-2-3-12(18)9-13/h2-10H,1H3,(H,20,23). The molecule has 28 heavy (non-hydrogen) atoms. The highest BCUT2D eigenvalue weighted by molar-refractivity contribution is 7.90. The Bertz CT molecular complexity index is 1190. The van der Waals surface area contributed by atoms with Gasteiger partial charge in [-0.3, -0.25) is 14.9 Å². The van der Waals surface area contributed by atoms with Gasteiger partial charge in [0.05, 0.1) is 21.7 Å². The molecule has 1 aromatic heterocycles. The summed E-state index contributed by atoms with van der Waals surface area (Å²) in [5.41, 5.74) is -0.0893. The van der Waals surface area contributed by atoms with Gasteiger partial charge in [-0.1, -0.05) is 17.7 Å². The van der Waals surface area contributed by atoms with Gasteiger partial charge in [-0.15, -0.1) is 0 Å². The molecule has 3 aromatic rings. The van der Waals surface area contributed by atoms with Gasteiger partial charge in [0.1, 0.15) is 5.82 Å². The first kappa shape index (κ1) is 19.5. The van der Waals surface area contributed by atoms with E-state index in [2.05, 4.69) is 10.4 Å². The van der Waals surface area contributed by atoms with Crippen LogP contribution in [0.2, 0.25) is 5.02 Å². The zero-order valence-corrected chi connectivity index (χ0v) is 15.9. The molecular formula is C17H13ClN4O5S. The van der Waals surface area contributed by atoms with Gasteiger partial charge in [0.2, 0.25) is 0 Å². The summed E-state index contributed by atoms with van der Waals surface area (Å²) in [6.45, 7) is 0. The molecule has 2 aromatic carbocycles. The van der Waals surface area contributed by atoms with Crippen molar-refractivity contribution in [3.63, 3.8) is 0 Å². The Morgan fingerprint density at radius 1 is 1.21 bits per heavy atom. The highest BCUT2D eigenvalue weighted by atomic mass is 35.5. The molecule has 1 heterocycles. The van der Waals surface area contributed by atoms with Crippen LogP contribution in [-0.2, 0) is 9.84 Å². The molecule has 0 unspecified atom stereocenters. The van der Waals surface area contributed by atoms with E-state index in [1.165, 1.54) is 16.9 Å². The molecule has 0 aliphatic rings. The van der Waals surface area contributed by atoms with Crippen LogP contribution < -0.4 is 5.32 Å². The minimum absolute atomic E-state index is 0.173. The maximum atomic E-state index is 12.6. The molecule has 0 atom stereocenters. The Labute approximate surface area is 164 Å². The van der Waals surface area contributed by atoms with E-state index in [0.29, 0.717) is 10.7 Å². The van der Waals surface area contributed by atoms with Crippen LogP contribution in [0.4, 0.5) is 11.5 Å². The van der Waals surface area contributed by atoms with Crippen molar-refractivity contribution in [1.82, 2.24) is 9.78 Å². The Morgan fingerprint density at radius 3 is 2.61 bits per heavy atom. The Morgan fingerprint density at radius 2 is 1.96 bits per heavy atom. The number of sulfone groups is 1. The molecule has 0 saturated carbocycles. The number of anilines is 1. The first-order valence-electron chi connectivity index (χ1n) is 7.76. The summed E-state index contributed by atoms with van der Waals surface area (Å²) in [5.74, 6) is -0.447. The van der Waals surface area contributed by atoms with E-state index < -0.39 is 26.4 Å². The summed E-state index contributed by atoms with van der Waals surface area (Å²) in [5, 5.41) is 18.3. The molecule has 0 aliphatic carbocycles. The molecule has 0 radical (unpaired) electrons. The summed E-state index contributed by atoms with van der Waals surface area (Å²) >= 11 is 5.97. The number of hydrogen-bond acceptors (Lipinski definition) is 6. The van der Waals surface area contributed by atoms with Crippen molar-refractivity contribution in [2.75, 3.05) is 11.6 Å². The summed E-state index contributed by atoms with van der Waals surface area (Å²) in [4.78, 5) is 22.6. The lowest BCUT2D eigenvalue weighted by molar-refractivity contribution is -0.385. The maximum Gasteiger partial charge on any atom is 0.271 e. The third-order valence-corrected chi connectivity index (χ3v) is 5.06. The number of rotatable bonds is 5. The number of nitrogens with one attached hydrogen (secondary N) is 1. The highest BCUT2D eigenvalue weighted by Gasteiger charge is 2.20. The van der Waals surface area contributed by atoms with Gasteiger partial charge in [0.25, 0.3) is 11.6 Å². The Kier molecular flexibility index (Phi) is 5.16. The second kappa shape index (κ2) is 7.41. The average Bonchev–Trinajstić information content (AvgIpc) is 3.08. The second-order valence-corrected chi connectivity index (χ2v) is 8.26. The summed E-state index contributed by atoms with van der Waals surface area (Å²) in [6.07, 6.45) is 2.36. The molecule has 3 rings (SSSR count). The fourth-order valence-corrected chi connectivity index (χ4v) is 3.29. The van der Waals surface area contributed by atoms with Gasteiger partial charge < -0.3 is 5.32 Å². The predicted octanol–water partition coefficient (Wildman–Crippen LogP) is 3.09. The number of nitro groups is 1. The molecule has 9 nitrogen and oxygen atoms in total. The van der Waals surface area contributed by atoms with E-state index in [0.717, 1.165) is 24.5 Å². The van der Waals surface area contributed by atoms with E-state index >= 15 is 0 Å². The molecule has 0 fully saturated rings. The van der Waals surface area contributed by atoms with Crippen molar-refractivity contribution in [3.8, 4) is 5.69 Å². The first-order valence-corrected chi connectivity index (χ1v) is 10.0. The van der Waals surface area contributed by atoms with Crippen LogP contribution in [0.25, 0.3) is 5.69 Å². The lowest BCUT2D eigenvalue weighted by Gasteiger charge is -2.10. The SMILES string of the molecule is CS(=O)(=O)c1cc(C(=O)Nc2ccnn2-c2cccc(Cl)c2)cc([N+](=O)[O-])c1. The van der Waals surface area contributed by atoms with Crippen molar-refractivity contribution in [2.45, 2.75) is 4.90 Å². The van der Waals surface area contributed by atoms with Crippen molar-refractivity contribution < 1.29 is 18.1 Å². The van der Waals surface area contributed by atoms with Crippen molar-refractivity contribution >= 4 is 38.9 Å². The molecule has 144 valence electrons. The average molecular weight is 421 g/mol. The Balaban J connectivity index is 1.98. The summed E-state index contributed by atoms with van der Waals surface area (Å²) in [7, 11) is -3.75. The van der Waals surface area contributed by atoms with Gasteiger partial charge in [0, 0.05) is 35.0 Å². The van der Waals surface area contributed by atoms with Crippen LogP contribution in [0.5, 0.6) is 0 Å². The number of non-ortho nitro benzene ring substituents is 1. The number of nitrogens with zero attached hydrogens (tertiary/aromatic N) is 3. The van der Waals surface area contributed by atoms with Crippen molar-refractivity contribution in [1.29, 1.82) is 0 Å². The van der Waals surface area contributed by atoms with Crippen molar-refractivity contribution in [3.05, 3.63) is 75.4 Å². The fourth-order valence-electron chi connectivity index (χ4n) is 2.43. The number of halogens is 1. The number of hydrogen-bond donors (Lipinski definition) is 1. The molecule has 1 amide bonds. The van der Waals surface area contributed by atoms with Gasteiger partial charge in [-0.05, 0) is 24.3 Å². The third-order valence-electron chi connectivity index (χ3n) is 3.73. The molecule has 0 saturated heterocycles. The quantitative estimate of drug-likeness (QED) is 0.499. The Hall–Kier alpha value is -3.24. The topological polar surface area (TPSA) is 124 Å². The number of nitro benzene ring substituents is 1. The fraction of sp³-hybridized carbons (Fsp3) is 0.0588. The zero-order chi connectivity index (χ0) is 20.5. The second-order valence-electron chi connectivity index (χ2n) is 5.81. The minimum Gasteiger partial charge on any atom is -0.306 e. The monoisotopic (exact) mass is 420 g/mol. The summed E-state index contributed by atoms with van der Waals surface area (Å²) < 4.78 is 25.0. The van der Waals surface area contributed by atoms with Gasteiger partial charge in [-0.2, -0.15) is 5.10 Å². The van der Waals surface area contributed by atoms with E-state index in [-0.39, 0.29) is 16.3 Å². The number of carbonyl (C=O) groups is 1. The molecule has 0 bridgehead atoms. The zero-order valence-electron chi connectivity index (χ0n) is 14.4. The van der Waals surface area contributed by atoms with Crippen LogP contribution in [0.3, 0.4) is 0 Å². The molecule has 11 heteroatoms. The van der Waals surface area contributed by atoms with Crippen LogP contribution in [0.15, 0.2) is 59.6 Å². The molecule has 0 aliphatic heterocycles. The van der Waals surface area contributed by atoms with E-state index in [1.807, 2.05) is 0 Å². The number of aromatic nitrogens is 2. The van der Waals surface area contributed by atoms with Crippen LogP contribution in [-0.4, -0.2) is 35.3 Å². The van der Waals surface area contributed by atoms with E-state index in [4.69, 9.17) is 11.6 Å². The molecule has 1 N–H and O–H groups in total. The number of benzene rings is 2. The molecular weight excluding hydrogens is 408 g/mol. The maximum absolute atomic E-state index is 12.6. The highest BCUT2D eigenvalue weighted by Crippen LogP contribution is 2.23. The normalized spacial score (nSPS) is 11.2. The predicted molar refractivity (Wildman–Crippen MR) is 103 cm³/mol. The van der Waals surface area contributed by atoms with E-state index in [1.54, 1.807) is 24.3 Å². The van der Waals surface area contributed by atoms with Crippen LogP contribution >= 0.6 is 11.6 Å². The van der Waals surface area contributed by atoms with Crippen LogP contribution in [0.1, 0.15) is 10.4 Å². The lowest BCUT2D eigenvalue weighted by Crippen LogP contribution is -2.16. The largest absolute Gasteiger partial charge is 0.306 e. The van der Waals surface area contributed by atoms with Gasteiger partial charge in [-0.25, -0.2) is 13.1 Å². The first-order chi connectivity index (χ1) is 13.1. The van der Waals surface area contributed by atoms with Crippen molar-refractivity contribution in [2.24, 2.45) is 0 Å². The van der Waals surface area contributed by atoms with Crippen LogP contribution in [0, 0.1) is 10.1 Å². The smallest absolute Gasteiger partial charge is 0.271 e. The van der Waals surface area contributed by atoms with Gasteiger partial charge >= 0.3 is 0 Å². The lowest BCUT2D eigenvalue weighted by atomic mass is 10.2. The van der Waals surface area contributed by atoms with E-state index in [9.17, 15) is 23.3 Å². The third kappa shape index (κ3) is 4.18. The number of carbonyl (C=O) groups excluding carboxylic acids is 1. The summed E-state index contributed by atoms with van der Waals surface area (Å²) in [6, 6.07) is 11.3. The molecule has 0 spiro atoms. The number of amides is 1. The minimum atomic E-state index is -3.75.